The summed E-state index contributed by atoms with van der Waals surface area (Å²) < 4.78 is 5.17. The average Bonchev–Trinajstić information content (AvgIpc) is 2.86. The van der Waals surface area contributed by atoms with Gasteiger partial charge in [-0.05, 0) is 37.1 Å². The molecule has 0 saturated carbocycles. The first-order valence-electron chi connectivity index (χ1n) is 7.02. The predicted octanol–water partition coefficient (Wildman–Crippen LogP) is 2.78. The van der Waals surface area contributed by atoms with Crippen molar-refractivity contribution in [1.82, 2.24) is 0 Å². The molecule has 0 aliphatic carbocycles. The van der Waals surface area contributed by atoms with Crippen molar-refractivity contribution < 1.29 is 19.1 Å². The molecule has 0 bridgehead atoms. The Morgan fingerprint density at radius 1 is 1.36 bits per heavy atom. The van der Waals surface area contributed by atoms with Crippen molar-refractivity contribution in [2.24, 2.45) is 0 Å². The number of carboxylic acid groups (broad SMARTS) is 1. The first-order valence-corrected chi connectivity index (χ1v) is 7.02. The van der Waals surface area contributed by atoms with Crippen molar-refractivity contribution in [3.63, 3.8) is 0 Å². The highest BCUT2D eigenvalue weighted by Crippen LogP contribution is 2.26. The number of anilines is 2. The molecule has 0 spiro atoms. The molecule has 0 radical (unpaired) electrons. The molecule has 1 aromatic carbocycles. The highest BCUT2D eigenvalue weighted by Gasteiger charge is 2.15. The van der Waals surface area contributed by atoms with Gasteiger partial charge in [0.1, 0.15) is 5.76 Å². The van der Waals surface area contributed by atoms with Crippen LogP contribution in [-0.4, -0.2) is 17.0 Å². The van der Waals surface area contributed by atoms with Crippen LogP contribution in [0, 0.1) is 6.92 Å². The molecule has 114 valence electrons. The van der Waals surface area contributed by atoms with E-state index in [1.54, 1.807) is 6.92 Å². The van der Waals surface area contributed by atoms with Gasteiger partial charge in [-0.25, -0.2) is 4.79 Å². The van der Waals surface area contributed by atoms with Gasteiger partial charge in [-0.1, -0.05) is 6.07 Å². The summed E-state index contributed by atoms with van der Waals surface area (Å²) in [4.78, 5) is 22.3. The minimum absolute atomic E-state index is 0.0291. The zero-order valence-electron chi connectivity index (χ0n) is 12.1. The molecule has 3 rings (SSSR count). The van der Waals surface area contributed by atoms with Gasteiger partial charge in [0.05, 0.1) is 0 Å². The summed E-state index contributed by atoms with van der Waals surface area (Å²) in [6.07, 6.45) is 1.27. The van der Waals surface area contributed by atoms with Gasteiger partial charge < -0.3 is 20.2 Å². The quantitative estimate of drug-likeness (QED) is 0.807. The Balaban J connectivity index is 1.73. The van der Waals surface area contributed by atoms with E-state index in [9.17, 15) is 9.59 Å². The maximum absolute atomic E-state index is 11.4. The number of amides is 1. The number of furan rings is 1. The summed E-state index contributed by atoms with van der Waals surface area (Å²) >= 11 is 0. The number of nitrogens with one attached hydrogen (secondary N) is 2. The standard InChI is InChI=1S/C16H16N2O4/c1-9-11(6-14(22-9)16(20)21)8-17-12-4-2-10-3-5-15(19)18-13(10)7-12/h2,4,6-7,17H,3,5,8H2,1H3,(H,18,19)(H,20,21). The Labute approximate surface area is 127 Å². The van der Waals surface area contributed by atoms with Crippen molar-refractivity contribution in [1.29, 1.82) is 0 Å². The molecule has 0 fully saturated rings. The molecular weight excluding hydrogens is 284 g/mol. The number of aromatic carboxylic acids is 1. The second-order valence-electron chi connectivity index (χ2n) is 5.27. The Hall–Kier alpha value is -2.76. The fourth-order valence-electron chi connectivity index (χ4n) is 2.48. The normalized spacial score (nSPS) is 13.4. The first-order chi connectivity index (χ1) is 10.5. The van der Waals surface area contributed by atoms with E-state index in [0.717, 1.165) is 28.9 Å². The fraction of sp³-hybridized carbons (Fsp3) is 0.250. The van der Waals surface area contributed by atoms with Crippen molar-refractivity contribution in [3.05, 3.63) is 46.9 Å². The van der Waals surface area contributed by atoms with Crippen LogP contribution in [0.4, 0.5) is 11.4 Å². The molecule has 0 saturated heterocycles. The van der Waals surface area contributed by atoms with Gasteiger partial charge in [-0.15, -0.1) is 0 Å². The molecule has 3 N–H and O–H groups in total. The number of hydrogen-bond acceptors (Lipinski definition) is 4. The van der Waals surface area contributed by atoms with E-state index in [-0.39, 0.29) is 11.7 Å². The van der Waals surface area contributed by atoms with E-state index < -0.39 is 5.97 Å². The summed E-state index contributed by atoms with van der Waals surface area (Å²) in [6, 6.07) is 7.34. The van der Waals surface area contributed by atoms with E-state index >= 15 is 0 Å². The molecule has 2 aromatic rings. The molecule has 6 heteroatoms. The van der Waals surface area contributed by atoms with Crippen molar-refractivity contribution >= 4 is 23.3 Å². The molecule has 6 nitrogen and oxygen atoms in total. The second-order valence-corrected chi connectivity index (χ2v) is 5.27. The van der Waals surface area contributed by atoms with Gasteiger partial charge in [0, 0.05) is 29.9 Å². The molecule has 0 unspecified atom stereocenters. The summed E-state index contributed by atoms with van der Waals surface area (Å²) in [5.41, 5.74) is 3.60. The average molecular weight is 300 g/mol. The summed E-state index contributed by atoms with van der Waals surface area (Å²) in [5.74, 6) is -0.532. The molecule has 22 heavy (non-hydrogen) atoms. The van der Waals surface area contributed by atoms with Crippen LogP contribution in [0.25, 0.3) is 0 Å². The van der Waals surface area contributed by atoms with E-state index in [1.807, 2.05) is 18.2 Å². The molecule has 0 atom stereocenters. The van der Waals surface area contributed by atoms with Gasteiger partial charge in [-0.2, -0.15) is 0 Å². The Kier molecular flexibility index (Phi) is 3.58. The van der Waals surface area contributed by atoms with Crippen LogP contribution >= 0.6 is 0 Å². The number of hydrogen-bond donors (Lipinski definition) is 3. The van der Waals surface area contributed by atoms with Gasteiger partial charge in [-0.3, -0.25) is 4.79 Å². The van der Waals surface area contributed by atoms with Crippen LogP contribution in [0.3, 0.4) is 0 Å². The van der Waals surface area contributed by atoms with Crippen LogP contribution in [0.15, 0.2) is 28.7 Å². The summed E-state index contributed by atoms with van der Waals surface area (Å²) in [6.45, 7) is 2.19. The van der Waals surface area contributed by atoms with Crippen molar-refractivity contribution in [2.75, 3.05) is 10.6 Å². The number of fused-ring (bicyclic) bond motifs is 1. The predicted molar refractivity (Wildman–Crippen MR) is 81.1 cm³/mol. The molecule has 1 amide bonds. The third-order valence-electron chi connectivity index (χ3n) is 3.72. The number of aryl methyl sites for hydroxylation is 2. The van der Waals surface area contributed by atoms with Crippen LogP contribution in [-0.2, 0) is 17.8 Å². The molecular formula is C16H16N2O4. The maximum atomic E-state index is 11.4. The lowest BCUT2D eigenvalue weighted by atomic mass is 10.0. The summed E-state index contributed by atoms with van der Waals surface area (Å²) in [5, 5.41) is 15.0. The van der Waals surface area contributed by atoms with E-state index in [0.29, 0.717) is 18.7 Å². The van der Waals surface area contributed by atoms with E-state index in [1.165, 1.54) is 6.07 Å². The van der Waals surface area contributed by atoms with Crippen LogP contribution in [0.1, 0.15) is 33.9 Å². The number of rotatable bonds is 4. The smallest absolute Gasteiger partial charge is 0.371 e. The molecule has 1 aliphatic heterocycles. The van der Waals surface area contributed by atoms with Gasteiger partial charge >= 0.3 is 5.97 Å². The van der Waals surface area contributed by atoms with Crippen molar-refractivity contribution in [2.45, 2.75) is 26.3 Å². The zero-order valence-corrected chi connectivity index (χ0v) is 12.1. The Morgan fingerprint density at radius 3 is 2.91 bits per heavy atom. The largest absolute Gasteiger partial charge is 0.475 e. The molecule has 1 aromatic heterocycles. The number of benzene rings is 1. The number of carbonyl (C=O) groups is 2. The lowest BCUT2D eigenvalue weighted by molar-refractivity contribution is -0.116. The monoisotopic (exact) mass is 300 g/mol. The molecule has 1 aliphatic rings. The SMILES string of the molecule is Cc1oc(C(=O)O)cc1CNc1ccc2c(c1)NC(=O)CC2. The molecule has 2 heterocycles. The third-order valence-corrected chi connectivity index (χ3v) is 3.72. The number of carbonyl (C=O) groups excluding carboxylic acids is 1. The lowest BCUT2D eigenvalue weighted by Gasteiger charge is -2.18. The lowest BCUT2D eigenvalue weighted by Crippen LogP contribution is -2.19. The summed E-state index contributed by atoms with van der Waals surface area (Å²) in [7, 11) is 0. The van der Waals surface area contributed by atoms with Crippen molar-refractivity contribution in [3.8, 4) is 0 Å². The topological polar surface area (TPSA) is 91.6 Å². The van der Waals surface area contributed by atoms with Crippen LogP contribution in [0.5, 0.6) is 0 Å². The highest BCUT2D eigenvalue weighted by atomic mass is 16.4. The van der Waals surface area contributed by atoms with Crippen LogP contribution in [0.2, 0.25) is 0 Å². The first kappa shape index (κ1) is 14.2. The fourth-order valence-corrected chi connectivity index (χ4v) is 2.48. The van der Waals surface area contributed by atoms with Gasteiger partial charge in [0.25, 0.3) is 0 Å². The highest BCUT2D eigenvalue weighted by molar-refractivity contribution is 5.94. The van der Waals surface area contributed by atoms with Crippen LogP contribution < -0.4 is 10.6 Å². The minimum atomic E-state index is -1.08. The minimum Gasteiger partial charge on any atom is -0.475 e. The maximum Gasteiger partial charge on any atom is 0.371 e. The Bertz CT molecular complexity index is 749. The van der Waals surface area contributed by atoms with E-state index in [4.69, 9.17) is 9.52 Å². The second kappa shape index (κ2) is 5.55. The van der Waals surface area contributed by atoms with Gasteiger partial charge in [0.2, 0.25) is 11.7 Å². The van der Waals surface area contributed by atoms with Gasteiger partial charge in [0.15, 0.2) is 0 Å². The Morgan fingerprint density at radius 2 is 2.18 bits per heavy atom. The number of carboxylic acids is 1. The third kappa shape index (κ3) is 2.81. The van der Waals surface area contributed by atoms with E-state index in [2.05, 4.69) is 10.6 Å². The zero-order chi connectivity index (χ0) is 15.7.